The Hall–Kier alpha value is -1.16. The molecule has 0 fully saturated rings. The van der Waals surface area contributed by atoms with Gasteiger partial charge in [0.25, 0.3) is 0 Å². The number of alkyl halides is 9. The summed E-state index contributed by atoms with van der Waals surface area (Å²) in [6.45, 7) is 0. The molecule has 1 unspecified atom stereocenters. The van der Waals surface area contributed by atoms with Crippen molar-refractivity contribution in [1.82, 2.24) is 0 Å². The van der Waals surface area contributed by atoms with Crippen LogP contribution in [0.3, 0.4) is 0 Å². The van der Waals surface area contributed by atoms with Crippen LogP contribution in [0.1, 0.15) is 0 Å². The summed E-state index contributed by atoms with van der Waals surface area (Å²) in [5, 5.41) is 0.478. The lowest BCUT2D eigenvalue weighted by atomic mass is 10.5. The maximum absolute atomic E-state index is 12.8. The standard InChI is InChI=1S/C4F9NO5S/c5-1(6,19-20(16,17)4(11,12)13)2(7,14-15)18-3(8,9)10. The van der Waals surface area contributed by atoms with E-state index in [1.54, 1.807) is 0 Å². The van der Waals surface area contributed by atoms with Crippen molar-refractivity contribution in [3.63, 3.8) is 0 Å². The first-order valence-electron chi connectivity index (χ1n) is 3.67. The second-order valence-corrected chi connectivity index (χ2v) is 4.24. The summed E-state index contributed by atoms with van der Waals surface area (Å²) in [5.41, 5.74) is -6.53. The molecule has 0 saturated carbocycles. The average molecular weight is 345 g/mol. The molecule has 0 aliphatic rings. The molecule has 16 heteroatoms. The van der Waals surface area contributed by atoms with Gasteiger partial charge in [-0.15, -0.1) is 18.1 Å². The number of ether oxygens (including phenoxy) is 1. The molecule has 0 amide bonds. The number of nitrogens with zero attached hydrogens (tertiary/aromatic N) is 1. The molecule has 6 nitrogen and oxygen atoms in total. The molecule has 0 N–H and O–H groups in total. The van der Waals surface area contributed by atoms with Crippen LogP contribution in [-0.4, -0.2) is 32.4 Å². The lowest BCUT2D eigenvalue weighted by molar-refractivity contribution is -0.453. The van der Waals surface area contributed by atoms with Crippen molar-refractivity contribution in [3.05, 3.63) is 4.91 Å². The molecule has 0 heterocycles. The Labute approximate surface area is 102 Å². The van der Waals surface area contributed by atoms with E-state index in [0.717, 1.165) is 0 Å². The molecule has 0 aromatic carbocycles. The van der Waals surface area contributed by atoms with Crippen LogP contribution in [0.15, 0.2) is 5.18 Å². The van der Waals surface area contributed by atoms with E-state index in [4.69, 9.17) is 0 Å². The van der Waals surface area contributed by atoms with E-state index >= 15 is 0 Å². The van der Waals surface area contributed by atoms with Gasteiger partial charge in [0.15, 0.2) is 0 Å². The van der Waals surface area contributed by atoms with Crippen LogP contribution < -0.4 is 0 Å². The van der Waals surface area contributed by atoms with Crippen molar-refractivity contribution in [3.8, 4) is 0 Å². The molecule has 0 aromatic rings. The molecule has 1 atom stereocenters. The zero-order chi connectivity index (χ0) is 16.6. The first-order chi connectivity index (χ1) is 8.47. The molecule has 0 rings (SSSR count). The van der Waals surface area contributed by atoms with Gasteiger partial charge in [-0.25, -0.2) is 4.74 Å². The van der Waals surface area contributed by atoms with Gasteiger partial charge >= 0.3 is 34.1 Å². The zero-order valence-corrected chi connectivity index (χ0v) is 9.11. The average Bonchev–Trinajstić information content (AvgIpc) is 2.10. The largest absolute Gasteiger partial charge is 0.526 e. The molecular weight excluding hydrogens is 345 g/mol. The third kappa shape index (κ3) is 4.17. The maximum Gasteiger partial charge on any atom is 0.526 e. The van der Waals surface area contributed by atoms with Gasteiger partial charge in [0.1, 0.15) is 0 Å². The first kappa shape index (κ1) is 18.8. The van der Waals surface area contributed by atoms with Crippen LogP contribution in [0.4, 0.5) is 39.5 Å². The summed E-state index contributed by atoms with van der Waals surface area (Å²) in [5.74, 6) is -6.09. The minimum atomic E-state index is -7.24. The fourth-order valence-corrected chi connectivity index (χ4v) is 0.994. The summed E-state index contributed by atoms with van der Waals surface area (Å²) in [7, 11) is -7.24. The lowest BCUT2D eigenvalue weighted by Crippen LogP contribution is -2.51. The lowest BCUT2D eigenvalue weighted by Gasteiger charge is -2.26. The number of rotatable bonds is 5. The molecule has 20 heavy (non-hydrogen) atoms. The van der Waals surface area contributed by atoms with Crippen molar-refractivity contribution < 1.29 is 56.9 Å². The van der Waals surface area contributed by atoms with Crippen LogP contribution in [0.2, 0.25) is 0 Å². The van der Waals surface area contributed by atoms with Crippen LogP contribution in [0.5, 0.6) is 0 Å². The molecule has 0 spiro atoms. The van der Waals surface area contributed by atoms with Gasteiger partial charge in [-0.2, -0.15) is 38.9 Å². The second kappa shape index (κ2) is 4.99. The Kier molecular flexibility index (Phi) is 4.70. The Morgan fingerprint density at radius 3 is 1.50 bits per heavy atom. The van der Waals surface area contributed by atoms with Gasteiger partial charge in [0.05, 0.1) is 0 Å². The number of halogens is 9. The maximum atomic E-state index is 12.8. The predicted molar refractivity (Wildman–Crippen MR) is 37.8 cm³/mol. The molecule has 0 aliphatic heterocycles. The van der Waals surface area contributed by atoms with E-state index in [1.165, 1.54) is 0 Å². The van der Waals surface area contributed by atoms with Crippen molar-refractivity contribution >= 4 is 10.1 Å². The van der Waals surface area contributed by atoms with Gasteiger partial charge < -0.3 is 0 Å². The van der Waals surface area contributed by atoms with Gasteiger partial charge in [-0.05, 0) is 0 Å². The van der Waals surface area contributed by atoms with E-state index in [2.05, 4.69) is 0 Å². The van der Waals surface area contributed by atoms with Gasteiger partial charge in [-0.1, -0.05) is 0 Å². The molecule has 0 aliphatic carbocycles. The fourth-order valence-electron chi connectivity index (χ4n) is 0.521. The zero-order valence-electron chi connectivity index (χ0n) is 8.30. The highest BCUT2D eigenvalue weighted by Crippen LogP contribution is 2.43. The Morgan fingerprint density at radius 2 is 1.25 bits per heavy atom. The van der Waals surface area contributed by atoms with E-state index in [0.29, 0.717) is 5.18 Å². The van der Waals surface area contributed by atoms with E-state index in [9.17, 15) is 52.8 Å². The molecular formula is C4F9NO5S. The van der Waals surface area contributed by atoms with Crippen LogP contribution in [-0.2, 0) is 19.0 Å². The highest BCUT2D eigenvalue weighted by atomic mass is 32.2. The van der Waals surface area contributed by atoms with Crippen molar-refractivity contribution in [2.24, 2.45) is 5.18 Å². The summed E-state index contributed by atoms with van der Waals surface area (Å²) in [4.78, 5) is 9.60. The quantitative estimate of drug-likeness (QED) is 0.251. The van der Waals surface area contributed by atoms with E-state index in [-0.39, 0.29) is 0 Å². The summed E-state index contributed by atoms with van der Waals surface area (Å²) >= 11 is 0. The number of hydrogen-bond acceptors (Lipinski definition) is 6. The number of nitroso groups, excluding NO2 is 1. The molecule has 0 radical (unpaired) electrons. The third-order valence-corrected chi connectivity index (χ3v) is 2.22. The second-order valence-electron chi connectivity index (χ2n) is 2.70. The van der Waals surface area contributed by atoms with Crippen molar-refractivity contribution in [1.29, 1.82) is 0 Å². The minimum Gasteiger partial charge on any atom is -0.224 e. The Morgan fingerprint density at radius 1 is 0.850 bits per heavy atom. The van der Waals surface area contributed by atoms with Crippen LogP contribution in [0.25, 0.3) is 0 Å². The highest BCUT2D eigenvalue weighted by molar-refractivity contribution is 7.87. The topological polar surface area (TPSA) is 82.0 Å². The highest BCUT2D eigenvalue weighted by Gasteiger charge is 2.69. The van der Waals surface area contributed by atoms with Gasteiger partial charge in [0, 0.05) is 5.18 Å². The summed E-state index contributed by atoms with van der Waals surface area (Å²) in [6.07, 6.45) is -12.9. The fraction of sp³-hybridized carbons (Fsp3) is 1.00. The summed E-state index contributed by atoms with van der Waals surface area (Å²) < 4.78 is 132. The first-order valence-corrected chi connectivity index (χ1v) is 5.08. The monoisotopic (exact) mass is 345 g/mol. The normalized spacial score (nSPS) is 17.6. The predicted octanol–water partition coefficient (Wildman–Crippen LogP) is 2.37. The van der Waals surface area contributed by atoms with Crippen LogP contribution >= 0.6 is 0 Å². The van der Waals surface area contributed by atoms with Gasteiger partial charge in [-0.3, -0.25) is 0 Å². The minimum absolute atomic E-state index is 0.478. The molecule has 0 bridgehead atoms. The van der Waals surface area contributed by atoms with Crippen molar-refractivity contribution in [2.75, 3.05) is 0 Å². The molecule has 120 valence electrons. The van der Waals surface area contributed by atoms with Gasteiger partial charge in [0.2, 0.25) is 0 Å². The van der Waals surface area contributed by atoms with E-state index in [1.807, 2.05) is 8.92 Å². The Balaban J connectivity index is 5.56. The van der Waals surface area contributed by atoms with Crippen LogP contribution in [0, 0.1) is 4.91 Å². The molecule has 0 aromatic heterocycles. The number of hydrogen-bond donors (Lipinski definition) is 0. The smallest absolute Gasteiger partial charge is 0.224 e. The van der Waals surface area contributed by atoms with Crippen molar-refractivity contribution in [2.45, 2.75) is 24.0 Å². The Bertz CT molecular complexity index is 468. The molecule has 0 saturated heterocycles. The van der Waals surface area contributed by atoms with E-state index < -0.39 is 34.1 Å². The SMILES string of the molecule is O=NC(F)(OC(F)(F)F)C(F)(F)OS(=O)(=O)C(F)(F)F. The summed E-state index contributed by atoms with van der Waals surface area (Å²) in [6, 6.07) is 0. The third-order valence-electron chi connectivity index (χ3n) is 1.23.